The first-order valence-corrected chi connectivity index (χ1v) is 20.2. The minimum absolute atomic E-state index is 0.193. The second-order valence-electron chi connectivity index (χ2n) is 10.6. The van der Waals surface area contributed by atoms with Crippen molar-refractivity contribution in [2.24, 2.45) is 15.0 Å². The minimum atomic E-state index is -0.246. The molecule has 0 aromatic heterocycles. The number of carbonyl (C=O) groups excluding carboxylic acids is 3. The van der Waals surface area contributed by atoms with Crippen molar-refractivity contribution in [1.82, 2.24) is 0 Å². The molecule has 0 unspecified atom stereocenters. The molecule has 0 heterocycles. The van der Waals surface area contributed by atoms with E-state index in [9.17, 15) is 14.4 Å². The van der Waals surface area contributed by atoms with Crippen LogP contribution >= 0.6 is 0 Å². The summed E-state index contributed by atoms with van der Waals surface area (Å²) >= 11 is 0. The number of carbonyl (C=O) groups is 3. The van der Waals surface area contributed by atoms with Gasteiger partial charge >= 0.3 is 0 Å². The Morgan fingerprint density at radius 2 is 0.690 bits per heavy atom. The Morgan fingerprint density at radius 3 is 0.881 bits per heavy atom. The van der Waals surface area contributed by atoms with Crippen LogP contribution in [0.4, 0.5) is 0 Å². The van der Waals surface area contributed by atoms with Gasteiger partial charge in [0.1, 0.15) is 17.3 Å². The number of Topliss-reactive ketones (excluding diaryl/α,β-unsaturated/α-hetero) is 3. The second-order valence-corrected chi connectivity index (χ2v) is 15.7. The average molecular weight is 646 g/mol. The molecule has 246 valence electrons. The highest BCUT2D eigenvalue weighted by Gasteiger charge is 1.98. The fourth-order valence-electron chi connectivity index (χ4n) is 3.66. The Labute approximate surface area is 264 Å². The van der Waals surface area contributed by atoms with E-state index in [-0.39, 0.29) is 46.6 Å². The Balaban J connectivity index is -0.000000543. The van der Waals surface area contributed by atoms with Gasteiger partial charge in [-0.1, -0.05) is 19.3 Å². The maximum Gasteiger partial charge on any atom is 0.161 e. The summed E-state index contributed by atoms with van der Waals surface area (Å²) in [5.74, 6) is 0.578. The highest BCUT2D eigenvalue weighted by molar-refractivity contribution is 6.27. The van der Waals surface area contributed by atoms with Crippen LogP contribution in [0.25, 0.3) is 0 Å². The first kappa shape index (κ1) is 45.0. The fraction of sp³-hybridized carbons (Fsp3) is 0.800. The number of ketones is 3. The van der Waals surface area contributed by atoms with Crippen molar-refractivity contribution < 1.29 is 27.7 Å². The number of rotatable bonds is 24. The molecule has 0 amide bonds. The molecule has 12 heteroatoms. The third-order valence-electron chi connectivity index (χ3n) is 5.68. The monoisotopic (exact) mass is 645 g/mol. The zero-order chi connectivity index (χ0) is 32.4. The van der Waals surface area contributed by atoms with Crippen molar-refractivity contribution in [3.05, 3.63) is 0 Å². The standard InChI is InChI=1S/3C10H21NO2Si/c3*1-9(8-10(2)12)11-6-4-5-7-14-13-3/h3*4-8,14H2,1-3H3. The lowest BCUT2D eigenvalue weighted by Crippen LogP contribution is -2.01. The lowest BCUT2D eigenvalue weighted by molar-refractivity contribution is -0.116. The third-order valence-corrected chi connectivity index (χ3v) is 9.27. The zero-order valence-electron chi connectivity index (χ0n) is 28.5. The predicted octanol–water partition coefficient (Wildman–Crippen LogP) is 4.07. The quantitative estimate of drug-likeness (QED) is 0.0888. The molecule has 0 spiro atoms. The van der Waals surface area contributed by atoms with E-state index in [1.54, 1.807) is 42.1 Å². The van der Waals surface area contributed by atoms with Gasteiger partial charge in [0.2, 0.25) is 0 Å². The van der Waals surface area contributed by atoms with Crippen molar-refractivity contribution >= 4 is 63.8 Å². The van der Waals surface area contributed by atoms with Gasteiger partial charge in [-0.25, -0.2) is 0 Å². The molecule has 42 heavy (non-hydrogen) atoms. The number of unbranched alkanes of at least 4 members (excludes halogenated alkanes) is 3. The maximum atomic E-state index is 10.7. The molecule has 0 bridgehead atoms. The van der Waals surface area contributed by atoms with E-state index in [1.807, 2.05) is 20.8 Å². The summed E-state index contributed by atoms with van der Waals surface area (Å²) in [5.41, 5.74) is 2.88. The van der Waals surface area contributed by atoms with Crippen LogP contribution in [-0.4, -0.2) is 105 Å². The number of hydrogen-bond donors (Lipinski definition) is 0. The molecule has 9 nitrogen and oxygen atoms in total. The van der Waals surface area contributed by atoms with E-state index in [0.717, 1.165) is 56.0 Å². The molecule has 0 N–H and O–H groups in total. The molecule has 0 aliphatic carbocycles. The van der Waals surface area contributed by atoms with Gasteiger partial charge in [-0.05, 0) is 78.9 Å². The van der Waals surface area contributed by atoms with Crippen molar-refractivity contribution in [2.75, 3.05) is 41.0 Å². The maximum absolute atomic E-state index is 10.7. The van der Waals surface area contributed by atoms with Gasteiger partial charge in [-0.2, -0.15) is 0 Å². The van der Waals surface area contributed by atoms with Crippen LogP contribution in [0.1, 0.15) is 99.3 Å². The van der Waals surface area contributed by atoms with E-state index in [4.69, 9.17) is 13.3 Å². The Kier molecular flexibility index (Phi) is 38.3. The normalized spacial score (nSPS) is 12.6. The van der Waals surface area contributed by atoms with Crippen molar-refractivity contribution in [3.63, 3.8) is 0 Å². The Morgan fingerprint density at radius 1 is 0.452 bits per heavy atom. The van der Waals surface area contributed by atoms with Crippen LogP contribution < -0.4 is 0 Å². The molecule has 0 saturated carbocycles. The molecule has 0 saturated heterocycles. The van der Waals surface area contributed by atoms with Crippen LogP contribution in [0, 0.1) is 0 Å². The average Bonchev–Trinajstić information content (AvgIpc) is 2.89. The summed E-state index contributed by atoms with van der Waals surface area (Å²) in [6.45, 7) is 13.1. The zero-order valence-corrected chi connectivity index (χ0v) is 32.8. The van der Waals surface area contributed by atoms with E-state index in [1.165, 1.54) is 37.4 Å². The van der Waals surface area contributed by atoms with Gasteiger partial charge in [0.25, 0.3) is 0 Å². The van der Waals surface area contributed by atoms with Crippen LogP contribution in [0.3, 0.4) is 0 Å². The first-order chi connectivity index (χ1) is 20.0. The number of nitrogens with zero attached hydrogens (tertiary/aromatic N) is 3. The van der Waals surface area contributed by atoms with Gasteiger partial charge in [-0.3, -0.25) is 29.4 Å². The van der Waals surface area contributed by atoms with Gasteiger partial charge in [0, 0.05) is 77.4 Å². The van der Waals surface area contributed by atoms with Gasteiger partial charge in [0.05, 0.1) is 0 Å². The van der Waals surface area contributed by atoms with Gasteiger partial charge in [0.15, 0.2) is 29.3 Å². The van der Waals surface area contributed by atoms with Crippen LogP contribution in [0.2, 0.25) is 18.1 Å². The first-order valence-electron chi connectivity index (χ1n) is 15.4. The van der Waals surface area contributed by atoms with E-state index in [0.29, 0.717) is 19.3 Å². The molecule has 0 radical (unpaired) electrons. The molecule has 0 fully saturated rings. The summed E-state index contributed by atoms with van der Waals surface area (Å²) in [7, 11) is 4.60. The lowest BCUT2D eigenvalue weighted by Gasteiger charge is -1.99. The van der Waals surface area contributed by atoms with E-state index in [2.05, 4.69) is 15.0 Å². The summed E-state index contributed by atoms with van der Waals surface area (Å²) in [4.78, 5) is 45.2. The molecule has 0 aliphatic heterocycles. The highest BCUT2D eigenvalue weighted by atomic mass is 28.2. The molecule has 0 atom stereocenters. The summed E-state index contributed by atoms with van der Waals surface area (Å²) < 4.78 is 15.2. The van der Waals surface area contributed by atoms with E-state index >= 15 is 0 Å². The molecule has 0 rings (SSSR count). The second kappa shape index (κ2) is 35.7. The van der Waals surface area contributed by atoms with Crippen molar-refractivity contribution in [3.8, 4) is 0 Å². The Bertz CT molecular complexity index is 678. The van der Waals surface area contributed by atoms with Crippen LogP contribution in [-0.2, 0) is 27.7 Å². The van der Waals surface area contributed by atoms with Gasteiger partial charge < -0.3 is 13.3 Å². The van der Waals surface area contributed by atoms with Crippen LogP contribution in [0.5, 0.6) is 0 Å². The Hall–Kier alpha value is -1.45. The molecular formula is C30H63N3O6Si3. The predicted molar refractivity (Wildman–Crippen MR) is 189 cm³/mol. The third kappa shape index (κ3) is 45.5. The molecule has 0 aliphatic rings. The summed E-state index contributed by atoms with van der Waals surface area (Å²) in [6, 6.07) is 3.70. The molecule has 0 aromatic carbocycles. The lowest BCUT2D eigenvalue weighted by atomic mass is 10.2. The molecular weight excluding hydrogens is 583 g/mol. The topological polar surface area (TPSA) is 116 Å². The smallest absolute Gasteiger partial charge is 0.161 e. The minimum Gasteiger partial charge on any atom is -0.427 e. The highest BCUT2D eigenvalue weighted by Crippen LogP contribution is 1.99. The number of hydrogen-bond acceptors (Lipinski definition) is 9. The summed E-state index contributed by atoms with van der Waals surface area (Å²) in [6.07, 6.45) is 8.49. The molecule has 0 aromatic rings. The SMILES string of the molecule is CO[SiH2]CCCCN=C(C)CC(C)=O.CO[SiH2]CCCCN=C(C)CC(C)=O.CO[SiH2]CCCCN=C(C)CC(C)=O. The largest absolute Gasteiger partial charge is 0.427 e. The van der Waals surface area contributed by atoms with Gasteiger partial charge in [-0.15, -0.1) is 0 Å². The fourth-order valence-corrected chi connectivity index (χ4v) is 6.20. The van der Waals surface area contributed by atoms with Crippen molar-refractivity contribution in [1.29, 1.82) is 0 Å². The van der Waals surface area contributed by atoms with Crippen molar-refractivity contribution in [2.45, 2.75) is 117 Å². The van der Waals surface area contributed by atoms with Crippen LogP contribution in [0.15, 0.2) is 15.0 Å². The van der Waals surface area contributed by atoms with E-state index < -0.39 is 0 Å². The summed E-state index contributed by atoms with van der Waals surface area (Å²) in [5, 5.41) is 0. The number of aliphatic imine (C=N–C) groups is 3.